The lowest BCUT2D eigenvalue weighted by molar-refractivity contribution is -0.117. The molecule has 0 spiro atoms. The lowest BCUT2D eigenvalue weighted by Gasteiger charge is -2.07. The van der Waals surface area contributed by atoms with E-state index in [0.29, 0.717) is 5.69 Å². The normalized spacial score (nSPS) is 18.4. The number of nitrogens with one attached hydrogen (secondary N) is 1. The number of anilines is 1. The molecule has 0 bridgehead atoms. The van der Waals surface area contributed by atoms with Crippen molar-refractivity contribution in [3.8, 4) is 11.6 Å². The molecule has 2 heterocycles. The summed E-state index contributed by atoms with van der Waals surface area (Å²) in [6.07, 6.45) is 6.15. The minimum Gasteiger partial charge on any atom is -0.497 e. The number of pyridine rings is 1. The van der Waals surface area contributed by atoms with Crippen LogP contribution >= 0.6 is 0 Å². The third kappa shape index (κ3) is 3.18. The smallest absolute Gasteiger partial charge is 0.228 e. The Hall–Kier alpha value is -3.15. The predicted octanol–water partition coefficient (Wildman–Crippen LogP) is 3.33. The van der Waals surface area contributed by atoms with Crippen LogP contribution in [0.1, 0.15) is 23.7 Å². The Kier molecular flexibility index (Phi) is 4.16. The topological polar surface area (TPSA) is 69.0 Å². The average molecular weight is 348 g/mol. The lowest BCUT2D eigenvalue weighted by atomic mass is 10.1. The largest absolute Gasteiger partial charge is 0.497 e. The zero-order valence-electron chi connectivity index (χ0n) is 14.7. The van der Waals surface area contributed by atoms with E-state index in [1.807, 2.05) is 54.1 Å². The standard InChI is InChI=1S/C20H20N4O2/c1-13-21-9-10-24(13)19-8-5-15(12-22-19)23-20(25)18-11-17(18)14-3-6-16(26-2)7-4-14/h3-10,12,17-18H,11H2,1-2H3,(H,23,25)/t17-,18+/m1/s1. The number of hydrogen-bond donors (Lipinski definition) is 1. The molecule has 1 aromatic carbocycles. The van der Waals surface area contributed by atoms with Gasteiger partial charge in [0.25, 0.3) is 0 Å². The minimum atomic E-state index is 0.0129. The molecule has 0 saturated heterocycles. The van der Waals surface area contributed by atoms with Crippen LogP contribution < -0.4 is 10.1 Å². The molecule has 0 aliphatic heterocycles. The highest BCUT2D eigenvalue weighted by atomic mass is 16.5. The van der Waals surface area contributed by atoms with Crippen LogP contribution in [0.2, 0.25) is 0 Å². The van der Waals surface area contributed by atoms with Crippen molar-refractivity contribution < 1.29 is 9.53 Å². The monoisotopic (exact) mass is 348 g/mol. The fourth-order valence-electron chi connectivity index (χ4n) is 3.16. The molecular weight excluding hydrogens is 328 g/mol. The van der Waals surface area contributed by atoms with Crippen molar-refractivity contribution in [2.45, 2.75) is 19.3 Å². The maximum atomic E-state index is 12.5. The van der Waals surface area contributed by atoms with Gasteiger partial charge in [0.2, 0.25) is 5.91 Å². The van der Waals surface area contributed by atoms with E-state index in [1.54, 1.807) is 19.5 Å². The van der Waals surface area contributed by atoms with Gasteiger partial charge in [-0.05, 0) is 49.1 Å². The molecule has 132 valence electrons. The summed E-state index contributed by atoms with van der Waals surface area (Å²) in [6.45, 7) is 1.92. The minimum absolute atomic E-state index is 0.0129. The molecular formula is C20H20N4O2. The molecule has 6 nitrogen and oxygen atoms in total. The predicted molar refractivity (Wildman–Crippen MR) is 98.6 cm³/mol. The van der Waals surface area contributed by atoms with Crippen LogP contribution in [0.3, 0.4) is 0 Å². The van der Waals surface area contributed by atoms with Gasteiger partial charge in [0.05, 0.1) is 19.0 Å². The van der Waals surface area contributed by atoms with E-state index >= 15 is 0 Å². The number of aromatic nitrogens is 3. The van der Waals surface area contributed by atoms with Gasteiger partial charge in [-0.3, -0.25) is 9.36 Å². The summed E-state index contributed by atoms with van der Waals surface area (Å²) in [5.41, 5.74) is 1.88. The number of ether oxygens (including phenoxy) is 1. The Morgan fingerprint density at radius 1 is 1.19 bits per heavy atom. The van der Waals surface area contributed by atoms with Gasteiger partial charge in [-0.25, -0.2) is 9.97 Å². The zero-order valence-corrected chi connectivity index (χ0v) is 14.7. The quantitative estimate of drug-likeness (QED) is 0.768. The summed E-state index contributed by atoms with van der Waals surface area (Å²) >= 11 is 0. The number of amides is 1. The van der Waals surface area contributed by atoms with Crippen molar-refractivity contribution in [1.82, 2.24) is 14.5 Å². The lowest BCUT2D eigenvalue weighted by Crippen LogP contribution is -2.15. The highest BCUT2D eigenvalue weighted by Gasteiger charge is 2.43. The summed E-state index contributed by atoms with van der Waals surface area (Å²) in [5, 5.41) is 2.96. The van der Waals surface area contributed by atoms with Gasteiger partial charge >= 0.3 is 0 Å². The van der Waals surface area contributed by atoms with Crippen molar-refractivity contribution in [2.75, 3.05) is 12.4 Å². The second kappa shape index (κ2) is 6.63. The molecule has 0 unspecified atom stereocenters. The molecule has 6 heteroatoms. The Balaban J connectivity index is 1.39. The van der Waals surface area contributed by atoms with Crippen LogP contribution in [0.25, 0.3) is 5.82 Å². The van der Waals surface area contributed by atoms with E-state index in [9.17, 15) is 4.79 Å². The number of methoxy groups -OCH3 is 1. The van der Waals surface area contributed by atoms with Gasteiger partial charge in [0, 0.05) is 18.3 Å². The number of aryl methyl sites for hydroxylation is 1. The Bertz CT molecular complexity index is 916. The Morgan fingerprint density at radius 2 is 2.00 bits per heavy atom. The van der Waals surface area contributed by atoms with Crippen molar-refractivity contribution in [3.05, 3.63) is 66.4 Å². The fraction of sp³-hybridized carbons (Fsp3) is 0.250. The molecule has 0 radical (unpaired) electrons. The number of carbonyl (C=O) groups is 1. The third-order valence-corrected chi connectivity index (χ3v) is 4.76. The summed E-state index contributed by atoms with van der Waals surface area (Å²) in [5.74, 6) is 2.81. The van der Waals surface area contributed by atoms with Gasteiger partial charge in [-0.15, -0.1) is 0 Å². The van der Waals surface area contributed by atoms with Crippen molar-refractivity contribution in [3.63, 3.8) is 0 Å². The number of rotatable bonds is 5. The first-order valence-electron chi connectivity index (χ1n) is 8.57. The van der Waals surface area contributed by atoms with E-state index in [4.69, 9.17) is 4.74 Å². The number of imidazole rings is 1. The van der Waals surface area contributed by atoms with E-state index in [1.165, 1.54) is 5.56 Å². The fourth-order valence-corrected chi connectivity index (χ4v) is 3.16. The number of nitrogens with zero attached hydrogens (tertiary/aromatic N) is 3. The van der Waals surface area contributed by atoms with Crippen LogP contribution in [-0.2, 0) is 4.79 Å². The molecule has 3 aromatic rings. The van der Waals surface area contributed by atoms with Crippen LogP contribution in [-0.4, -0.2) is 27.6 Å². The van der Waals surface area contributed by atoms with Gasteiger partial charge in [0.1, 0.15) is 17.4 Å². The van der Waals surface area contributed by atoms with Crippen LogP contribution in [0, 0.1) is 12.8 Å². The molecule has 1 fully saturated rings. The van der Waals surface area contributed by atoms with Crippen molar-refractivity contribution in [2.24, 2.45) is 5.92 Å². The number of hydrogen-bond acceptors (Lipinski definition) is 4. The van der Waals surface area contributed by atoms with Crippen molar-refractivity contribution >= 4 is 11.6 Å². The van der Waals surface area contributed by atoms with E-state index in [-0.39, 0.29) is 17.7 Å². The second-order valence-corrected chi connectivity index (χ2v) is 6.46. The second-order valence-electron chi connectivity index (χ2n) is 6.46. The average Bonchev–Trinajstić information content (AvgIpc) is 3.37. The molecule has 1 saturated carbocycles. The summed E-state index contributed by atoms with van der Waals surface area (Å²) in [7, 11) is 1.65. The van der Waals surface area contributed by atoms with Gasteiger partial charge < -0.3 is 10.1 Å². The number of carbonyl (C=O) groups excluding carboxylic acids is 1. The molecule has 1 amide bonds. The maximum absolute atomic E-state index is 12.5. The number of benzene rings is 1. The molecule has 1 N–H and O–H groups in total. The highest BCUT2D eigenvalue weighted by molar-refractivity contribution is 5.95. The van der Waals surface area contributed by atoms with Crippen LogP contribution in [0.15, 0.2) is 55.0 Å². The molecule has 1 aliphatic carbocycles. The molecule has 1 aliphatic rings. The zero-order chi connectivity index (χ0) is 18.1. The highest BCUT2D eigenvalue weighted by Crippen LogP contribution is 2.48. The van der Waals surface area contributed by atoms with E-state index < -0.39 is 0 Å². The first-order chi connectivity index (χ1) is 12.7. The molecule has 4 rings (SSSR count). The van der Waals surface area contributed by atoms with Crippen LogP contribution in [0.5, 0.6) is 5.75 Å². The Morgan fingerprint density at radius 3 is 2.62 bits per heavy atom. The SMILES string of the molecule is COc1ccc([C@H]2C[C@@H]2C(=O)Nc2ccc(-n3ccnc3C)nc2)cc1. The Labute approximate surface area is 151 Å². The molecule has 2 atom stereocenters. The van der Waals surface area contributed by atoms with Gasteiger partial charge in [-0.1, -0.05) is 12.1 Å². The van der Waals surface area contributed by atoms with Gasteiger partial charge in [-0.2, -0.15) is 0 Å². The van der Waals surface area contributed by atoms with E-state index in [0.717, 1.165) is 23.8 Å². The maximum Gasteiger partial charge on any atom is 0.228 e. The summed E-state index contributed by atoms with van der Waals surface area (Å²) in [4.78, 5) is 21.1. The third-order valence-electron chi connectivity index (χ3n) is 4.76. The first-order valence-corrected chi connectivity index (χ1v) is 8.57. The van der Waals surface area contributed by atoms with Crippen LogP contribution in [0.4, 0.5) is 5.69 Å². The van der Waals surface area contributed by atoms with Crippen molar-refractivity contribution in [1.29, 1.82) is 0 Å². The van der Waals surface area contributed by atoms with Gasteiger partial charge in [0.15, 0.2) is 0 Å². The molecule has 26 heavy (non-hydrogen) atoms. The molecule has 2 aromatic heterocycles. The van der Waals surface area contributed by atoms with E-state index in [2.05, 4.69) is 15.3 Å². The summed E-state index contributed by atoms with van der Waals surface area (Å²) in [6, 6.07) is 11.7. The summed E-state index contributed by atoms with van der Waals surface area (Å²) < 4.78 is 7.07. The first kappa shape index (κ1) is 16.3.